The van der Waals surface area contributed by atoms with Crippen LogP contribution in [0.15, 0.2) is 69.6 Å². The van der Waals surface area contributed by atoms with Gasteiger partial charge in [-0.25, -0.2) is 9.59 Å². The van der Waals surface area contributed by atoms with Crippen molar-refractivity contribution in [2.75, 3.05) is 26.2 Å². The quantitative estimate of drug-likeness (QED) is 0.531. The molecule has 0 radical (unpaired) electrons. The van der Waals surface area contributed by atoms with E-state index < -0.39 is 41.0 Å². The minimum atomic E-state index is -4.86. The number of carbonyl (C=O) groups is 2. The van der Waals surface area contributed by atoms with Gasteiger partial charge in [0.2, 0.25) is 0 Å². The van der Waals surface area contributed by atoms with Crippen molar-refractivity contribution in [2.45, 2.75) is 12.1 Å². The Morgan fingerprint density at radius 1 is 1.08 bits per heavy atom. The standard InChI is InChI=1S/C24H19BrF3N3O5/c1-34-20-15(24(26,27)28)9-13(10-16(20)25)31-19(23(33)36-3)18(22(32)35-2)17(14(11-29)21(31)30)12-7-5-4-6-8-12/h4-10,17H,30H2,1-3H3. The Morgan fingerprint density at radius 2 is 1.69 bits per heavy atom. The minimum absolute atomic E-state index is 0.116. The molecule has 3 rings (SSSR count). The zero-order valence-electron chi connectivity index (χ0n) is 19.1. The molecule has 0 fully saturated rings. The summed E-state index contributed by atoms with van der Waals surface area (Å²) in [6, 6.07) is 12.0. The number of alkyl halides is 3. The molecular weight excluding hydrogens is 547 g/mol. The predicted octanol–water partition coefficient (Wildman–Crippen LogP) is 4.37. The van der Waals surface area contributed by atoms with E-state index in [9.17, 15) is 28.0 Å². The van der Waals surface area contributed by atoms with Crippen molar-refractivity contribution in [3.05, 3.63) is 80.7 Å². The summed E-state index contributed by atoms with van der Waals surface area (Å²) in [4.78, 5) is 26.9. The molecule has 1 atom stereocenters. The number of ether oxygens (including phenoxy) is 3. The molecule has 0 amide bonds. The molecule has 0 bridgehead atoms. The molecule has 0 aromatic heterocycles. The van der Waals surface area contributed by atoms with Crippen LogP contribution >= 0.6 is 15.9 Å². The summed E-state index contributed by atoms with van der Waals surface area (Å²) < 4.78 is 56.2. The molecule has 0 aliphatic carbocycles. The average Bonchev–Trinajstić information content (AvgIpc) is 2.86. The molecule has 0 saturated heterocycles. The number of esters is 2. The molecule has 1 heterocycles. The summed E-state index contributed by atoms with van der Waals surface area (Å²) in [7, 11) is 3.17. The van der Waals surface area contributed by atoms with Crippen LogP contribution in [0.5, 0.6) is 5.75 Å². The zero-order valence-corrected chi connectivity index (χ0v) is 20.7. The van der Waals surface area contributed by atoms with Crippen molar-refractivity contribution in [1.29, 1.82) is 5.26 Å². The van der Waals surface area contributed by atoms with Gasteiger partial charge in [-0.05, 0) is 33.6 Å². The second kappa shape index (κ2) is 10.3. The molecule has 1 unspecified atom stereocenters. The highest BCUT2D eigenvalue weighted by molar-refractivity contribution is 9.10. The first-order valence-corrected chi connectivity index (χ1v) is 10.9. The molecule has 8 nitrogen and oxygen atoms in total. The Balaban J connectivity index is 2.47. The third-order valence-electron chi connectivity index (χ3n) is 5.41. The number of nitrogens with two attached hydrogens (primary N) is 1. The summed E-state index contributed by atoms with van der Waals surface area (Å²) in [6.07, 6.45) is -4.86. The number of methoxy groups -OCH3 is 3. The maximum absolute atomic E-state index is 13.9. The van der Waals surface area contributed by atoms with Crippen LogP contribution in [0.4, 0.5) is 18.9 Å². The van der Waals surface area contributed by atoms with E-state index in [4.69, 9.17) is 19.9 Å². The normalized spacial score (nSPS) is 15.9. The van der Waals surface area contributed by atoms with Gasteiger partial charge in [-0.2, -0.15) is 18.4 Å². The van der Waals surface area contributed by atoms with Gasteiger partial charge >= 0.3 is 18.1 Å². The molecule has 2 aromatic carbocycles. The third-order valence-corrected chi connectivity index (χ3v) is 6.00. The van der Waals surface area contributed by atoms with Gasteiger partial charge in [-0.3, -0.25) is 4.90 Å². The van der Waals surface area contributed by atoms with Crippen molar-refractivity contribution in [3.8, 4) is 11.8 Å². The van der Waals surface area contributed by atoms with Gasteiger partial charge in [0, 0.05) is 5.69 Å². The lowest BCUT2D eigenvalue weighted by molar-refractivity contribution is -0.139. The predicted molar refractivity (Wildman–Crippen MR) is 125 cm³/mol. The van der Waals surface area contributed by atoms with Crippen molar-refractivity contribution >= 4 is 33.6 Å². The van der Waals surface area contributed by atoms with Crippen LogP contribution in [0, 0.1) is 11.3 Å². The summed E-state index contributed by atoms with van der Waals surface area (Å²) in [5, 5.41) is 10.0. The van der Waals surface area contributed by atoms with Crippen LogP contribution < -0.4 is 15.4 Å². The highest BCUT2D eigenvalue weighted by atomic mass is 79.9. The first kappa shape index (κ1) is 26.6. The fourth-order valence-electron chi connectivity index (χ4n) is 3.91. The van der Waals surface area contributed by atoms with Gasteiger partial charge in [-0.1, -0.05) is 30.3 Å². The maximum Gasteiger partial charge on any atom is 0.420 e. The van der Waals surface area contributed by atoms with Crippen molar-refractivity contribution in [2.24, 2.45) is 5.73 Å². The number of nitrogens with zero attached hydrogens (tertiary/aromatic N) is 2. The number of halogens is 4. The van der Waals surface area contributed by atoms with Crippen LogP contribution in [0.3, 0.4) is 0 Å². The Hall–Kier alpha value is -3.98. The van der Waals surface area contributed by atoms with E-state index in [1.807, 2.05) is 6.07 Å². The molecule has 2 N–H and O–H groups in total. The topological polar surface area (TPSA) is 115 Å². The highest BCUT2D eigenvalue weighted by Crippen LogP contribution is 2.47. The van der Waals surface area contributed by atoms with E-state index in [1.54, 1.807) is 30.3 Å². The molecule has 36 heavy (non-hydrogen) atoms. The number of allylic oxidation sites excluding steroid dienone is 1. The Labute approximate surface area is 212 Å². The molecule has 188 valence electrons. The first-order chi connectivity index (χ1) is 17.0. The Bertz CT molecular complexity index is 1320. The number of hydrogen-bond donors (Lipinski definition) is 1. The lowest BCUT2D eigenvalue weighted by Crippen LogP contribution is -2.40. The molecular formula is C24H19BrF3N3O5. The van der Waals surface area contributed by atoms with Crippen LogP contribution in [-0.4, -0.2) is 33.3 Å². The van der Waals surface area contributed by atoms with Crippen LogP contribution in [0.1, 0.15) is 17.0 Å². The van der Waals surface area contributed by atoms with E-state index in [1.165, 1.54) is 6.07 Å². The third kappa shape index (κ3) is 4.61. The lowest BCUT2D eigenvalue weighted by atomic mass is 9.81. The maximum atomic E-state index is 13.9. The van der Waals surface area contributed by atoms with Crippen LogP contribution in [0.25, 0.3) is 0 Å². The number of rotatable bonds is 5. The van der Waals surface area contributed by atoms with Crippen LogP contribution in [-0.2, 0) is 25.2 Å². The van der Waals surface area contributed by atoms with Gasteiger partial charge in [0.05, 0.1) is 48.9 Å². The van der Waals surface area contributed by atoms with E-state index in [0.29, 0.717) is 11.6 Å². The number of hydrogen-bond acceptors (Lipinski definition) is 8. The fourth-order valence-corrected chi connectivity index (χ4v) is 4.52. The second-order valence-corrected chi connectivity index (χ2v) is 8.20. The average molecular weight is 566 g/mol. The smallest absolute Gasteiger partial charge is 0.420 e. The SMILES string of the molecule is COC(=O)C1=C(C(=O)OC)N(c2cc(Br)c(OC)c(C(F)(F)F)c2)C(N)=C(C#N)C1c1ccccc1. The van der Waals surface area contributed by atoms with Gasteiger partial charge in [-0.15, -0.1) is 0 Å². The fraction of sp³-hybridized carbons (Fsp3) is 0.208. The van der Waals surface area contributed by atoms with Crippen LogP contribution in [0.2, 0.25) is 0 Å². The van der Waals surface area contributed by atoms with Gasteiger partial charge in [0.1, 0.15) is 22.8 Å². The summed E-state index contributed by atoms with van der Waals surface area (Å²) in [5.41, 5.74) is 4.26. The van der Waals surface area contributed by atoms with E-state index in [2.05, 4.69) is 15.9 Å². The van der Waals surface area contributed by atoms with Gasteiger partial charge < -0.3 is 19.9 Å². The Morgan fingerprint density at radius 3 is 2.19 bits per heavy atom. The largest absolute Gasteiger partial charge is 0.495 e. The zero-order chi connectivity index (χ0) is 26.8. The molecule has 2 aromatic rings. The molecule has 0 spiro atoms. The number of nitriles is 1. The van der Waals surface area contributed by atoms with E-state index >= 15 is 0 Å². The van der Waals surface area contributed by atoms with Crippen molar-refractivity contribution in [3.63, 3.8) is 0 Å². The van der Waals surface area contributed by atoms with E-state index in [0.717, 1.165) is 26.2 Å². The minimum Gasteiger partial charge on any atom is -0.495 e. The number of benzene rings is 2. The van der Waals surface area contributed by atoms with Gasteiger partial charge in [0.15, 0.2) is 0 Å². The summed E-state index contributed by atoms with van der Waals surface area (Å²) >= 11 is 3.05. The molecule has 12 heteroatoms. The molecule has 1 aliphatic heterocycles. The molecule has 1 aliphatic rings. The van der Waals surface area contributed by atoms with Gasteiger partial charge in [0.25, 0.3) is 0 Å². The second-order valence-electron chi connectivity index (χ2n) is 7.34. The number of anilines is 1. The number of carbonyl (C=O) groups excluding carboxylic acids is 2. The monoisotopic (exact) mass is 565 g/mol. The highest BCUT2D eigenvalue weighted by Gasteiger charge is 2.44. The Kier molecular flexibility index (Phi) is 7.64. The van der Waals surface area contributed by atoms with Crippen molar-refractivity contribution in [1.82, 2.24) is 0 Å². The van der Waals surface area contributed by atoms with Crippen molar-refractivity contribution < 1.29 is 37.0 Å². The van der Waals surface area contributed by atoms with E-state index in [-0.39, 0.29) is 27.1 Å². The summed E-state index contributed by atoms with van der Waals surface area (Å²) in [5.74, 6) is -4.12. The molecule has 0 saturated carbocycles. The lowest BCUT2D eigenvalue weighted by Gasteiger charge is -2.36. The first-order valence-electron chi connectivity index (χ1n) is 10.1. The summed E-state index contributed by atoms with van der Waals surface area (Å²) in [6.45, 7) is 0.